The molecule has 0 spiro atoms. The molecule has 0 aliphatic carbocycles. The molecule has 2 aromatic rings. The van der Waals surface area contributed by atoms with Gasteiger partial charge in [0, 0.05) is 24.7 Å². The molecular weight excluding hydrogens is 402 g/mol. The predicted molar refractivity (Wildman–Crippen MR) is 106 cm³/mol. The Hall–Kier alpha value is -1.95. The summed E-state index contributed by atoms with van der Waals surface area (Å²) >= 11 is 1.23. The number of hydrogen-bond acceptors (Lipinski definition) is 7. The standard InChI is InChI=1S/C17H23N5O4S2/c1-12(2)16-19-17(21-20-16)27-11-15(23)18-13-3-5-14(6-4-13)28(24,25)22-7-9-26-10-8-22/h3-6,12H,7-11H2,1-2H3,(H,18,23)(H,19,20,21). The van der Waals surface area contributed by atoms with Gasteiger partial charge in [-0.05, 0) is 24.3 Å². The second-order valence-corrected chi connectivity index (χ2v) is 9.42. The van der Waals surface area contributed by atoms with Crippen molar-refractivity contribution < 1.29 is 17.9 Å². The van der Waals surface area contributed by atoms with Crippen LogP contribution < -0.4 is 5.32 Å². The Morgan fingerprint density at radius 2 is 1.96 bits per heavy atom. The first kappa shape index (κ1) is 20.8. The van der Waals surface area contributed by atoms with Gasteiger partial charge in [-0.3, -0.25) is 9.89 Å². The summed E-state index contributed by atoms with van der Waals surface area (Å²) in [6.45, 7) is 5.49. The minimum absolute atomic E-state index is 0.156. The van der Waals surface area contributed by atoms with Crippen LogP contribution in [0.15, 0.2) is 34.3 Å². The van der Waals surface area contributed by atoms with Crippen molar-refractivity contribution in [1.29, 1.82) is 0 Å². The molecule has 0 bridgehead atoms. The number of aromatic amines is 1. The van der Waals surface area contributed by atoms with Gasteiger partial charge < -0.3 is 10.1 Å². The van der Waals surface area contributed by atoms with Crippen LogP contribution in [-0.4, -0.2) is 65.9 Å². The summed E-state index contributed by atoms with van der Waals surface area (Å²) in [5.74, 6) is 0.955. The van der Waals surface area contributed by atoms with Crippen molar-refractivity contribution in [2.45, 2.75) is 29.8 Å². The summed E-state index contributed by atoms with van der Waals surface area (Å²) in [6, 6.07) is 6.16. The van der Waals surface area contributed by atoms with E-state index in [1.807, 2.05) is 13.8 Å². The summed E-state index contributed by atoms with van der Waals surface area (Å²) in [6.07, 6.45) is 0. The highest BCUT2D eigenvalue weighted by Gasteiger charge is 2.26. The lowest BCUT2D eigenvalue weighted by molar-refractivity contribution is -0.113. The zero-order valence-electron chi connectivity index (χ0n) is 15.7. The van der Waals surface area contributed by atoms with E-state index in [4.69, 9.17) is 4.74 Å². The highest BCUT2D eigenvalue weighted by Crippen LogP contribution is 2.20. The summed E-state index contributed by atoms with van der Waals surface area (Å²) in [7, 11) is -3.54. The summed E-state index contributed by atoms with van der Waals surface area (Å²) < 4.78 is 31.8. The van der Waals surface area contributed by atoms with Crippen LogP contribution >= 0.6 is 11.8 Å². The number of hydrogen-bond donors (Lipinski definition) is 2. The Kier molecular flexibility index (Phi) is 6.70. The van der Waals surface area contributed by atoms with Gasteiger partial charge in [-0.15, -0.1) is 5.10 Å². The topological polar surface area (TPSA) is 117 Å². The number of carbonyl (C=O) groups excluding carboxylic acids is 1. The number of ether oxygens (including phenoxy) is 1. The van der Waals surface area contributed by atoms with Crippen LogP contribution in [-0.2, 0) is 19.6 Å². The second-order valence-electron chi connectivity index (χ2n) is 6.54. The number of thioether (sulfide) groups is 1. The second kappa shape index (κ2) is 9.03. The first-order chi connectivity index (χ1) is 13.4. The van der Waals surface area contributed by atoms with Crippen LogP contribution in [0, 0.1) is 0 Å². The Labute approximate surface area is 168 Å². The minimum atomic E-state index is -3.54. The van der Waals surface area contributed by atoms with Crippen molar-refractivity contribution in [1.82, 2.24) is 19.5 Å². The molecule has 152 valence electrons. The molecule has 28 heavy (non-hydrogen) atoms. The fourth-order valence-electron chi connectivity index (χ4n) is 2.55. The van der Waals surface area contributed by atoms with Crippen LogP contribution in [0.4, 0.5) is 5.69 Å². The normalized spacial score (nSPS) is 15.7. The van der Waals surface area contributed by atoms with Gasteiger partial charge in [0.15, 0.2) is 0 Å². The molecule has 3 rings (SSSR count). The van der Waals surface area contributed by atoms with E-state index in [9.17, 15) is 13.2 Å². The molecule has 0 saturated carbocycles. The molecule has 1 aliphatic rings. The van der Waals surface area contributed by atoms with Crippen molar-refractivity contribution in [2.75, 3.05) is 37.4 Å². The summed E-state index contributed by atoms with van der Waals surface area (Å²) in [5.41, 5.74) is 0.532. The van der Waals surface area contributed by atoms with E-state index in [-0.39, 0.29) is 22.5 Å². The van der Waals surface area contributed by atoms with Gasteiger partial charge in [0.1, 0.15) is 5.82 Å². The van der Waals surface area contributed by atoms with Crippen molar-refractivity contribution in [3.8, 4) is 0 Å². The number of nitrogens with one attached hydrogen (secondary N) is 2. The van der Waals surface area contributed by atoms with Crippen molar-refractivity contribution in [3.63, 3.8) is 0 Å². The number of sulfonamides is 1. The number of benzene rings is 1. The van der Waals surface area contributed by atoms with Gasteiger partial charge in [0.2, 0.25) is 21.1 Å². The lowest BCUT2D eigenvalue weighted by Gasteiger charge is -2.26. The van der Waals surface area contributed by atoms with Crippen LogP contribution in [0.25, 0.3) is 0 Å². The van der Waals surface area contributed by atoms with Crippen molar-refractivity contribution >= 4 is 33.4 Å². The van der Waals surface area contributed by atoms with Crippen LogP contribution in [0.1, 0.15) is 25.6 Å². The Morgan fingerprint density at radius 1 is 1.29 bits per heavy atom. The maximum absolute atomic E-state index is 12.6. The number of H-pyrrole nitrogens is 1. The summed E-state index contributed by atoms with van der Waals surface area (Å²) in [4.78, 5) is 16.6. The largest absolute Gasteiger partial charge is 0.379 e. The zero-order valence-corrected chi connectivity index (χ0v) is 17.3. The van der Waals surface area contributed by atoms with E-state index in [0.717, 1.165) is 5.82 Å². The monoisotopic (exact) mass is 425 g/mol. The SMILES string of the molecule is CC(C)c1nc(SCC(=O)Nc2ccc(S(=O)(=O)N3CCOCC3)cc2)n[nH]1. The van der Waals surface area contributed by atoms with Gasteiger partial charge in [-0.2, -0.15) is 4.31 Å². The van der Waals surface area contributed by atoms with Crippen molar-refractivity contribution in [2.24, 2.45) is 0 Å². The number of carbonyl (C=O) groups is 1. The van der Waals surface area contributed by atoms with Gasteiger partial charge in [-0.25, -0.2) is 13.4 Å². The molecule has 9 nitrogen and oxygen atoms in total. The van der Waals surface area contributed by atoms with E-state index in [0.29, 0.717) is 37.1 Å². The smallest absolute Gasteiger partial charge is 0.243 e. The quantitative estimate of drug-likeness (QED) is 0.648. The molecule has 1 amide bonds. The Bertz CT molecular complexity index is 906. The number of aromatic nitrogens is 3. The van der Waals surface area contributed by atoms with Gasteiger partial charge >= 0.3 is 0 Å². The zero-order chi connectivity index (χ0) is 20.1. The predicted octanol–water partition coefficient (Wildman–Crippen LogP) is 1.68. The molecule has 1 aromatic carbocycles. The van der Waals surface area contributed by atoms with E-state index in [2.05, 4.69) is 20.5 Å². The highest BCUT2D eigenvalue weighted by atomic mass is 32.2. The van der Waals surface area contributed by atoms with Gasteiger partial charge in [-0.1, -0.05) is 25.6 Å². The lowest BCUT2D eigenvalue weighted by atomic mass is 10.2. The maximum Gasteiger partial charge on any atom is 0.243 e. The third-order valence-electron chi connectivity index (χ3n) is 4.11. The fraction of sp³-hybridized carbons (Fsp3) is 0.471. The molecule has 0 unspecified atom stereocenters. The number of amides is 1. The molecule has 0 atom stereocenters. The van der Waals surface area contributed by atoms with Gasteiger partial charge in [0.25, 0.3) is 0 Å². The maximum atomic E-state index is 12.6. The Balaban J connectivity index is 1.55. The molecule has 1 saturated heterocycles. The first-order valence-corrected chi connectivity index (χ1v) is 11.3. The van der Waals surface area contributed by atoms with E-state index in [1.165, 1.54) is 28.2 Å². The average molecular weight is 426 g/mol. The molecule has 2 heterocycles. The van der Waals surface area contributed by atoms with E-state index < -0.39 is 10.0 Å². The number of morpholine rings is 1. The van der Waals surface area contributed by atoms with Crippen LogP contribution in [0.3, 0.4) is 0 Å². The molecule has 2 N–H and O–H groups in total. The molecule has 0 radical (unpaired) electrons. The Morgan fingerprint density at radius 3 is 2.57 bits per heavy atom. The lowest BCUT2D eigenvalue weighted by Crippen LogP contribution is -2.40. The molecule has 11 heteroatoms. The third-order valence-corrected chi connectivity index (χ3v) is 6.87. The number of nitrogens with zero attached hydrogens (tertiary/aromatic N) is 3. The summed E-state index contributed by atoms with van der Waals surface area (Å²) in [5, 5.41) is 10.2. The van der Waals surface area contributed by atoms with Gasteiger partial charge in [0.05, 0.1) is 23.9 Å². The van der Waals surface area contributed by atoms with E-state index >= 15 is 0 Å². The third kappa shape index (κ3) is 5.10. The van der Waals surface area contributed by atoms with E-state index in [1.54, 1.807) is 12.1 Å². The minimum Gasteiger partial charge on any atom is -0.379 e. The molecule has 1 aliphatic heterocycles. The van der Waals surface area contributed by atoms with Crippen molar-refractivity contribution in [3.05, 3.63) is 30.1 Å². The van der Waals surface area contributed by atoms with Crippen LogP contribution in [0.5, 0.6) is 0 Å². The highest BCUT2D eigenvalue weighted by molar-refractivity contribution is 7.99. The number of rotatable bonds is 7. The fourth-order valence-corrected chi connectivity index (χ4v) is 4.57. The van der Waals surface area contributed by atoms with Crippen LogP contribution in [0.2, 0.25) is 0 Å². The molecule has 1 aromatic heterocycles. The molecular formula is C17H23N5O4S2. The average Bonchev–Trinajstić information content (AvgIpc) is 3.17. The molecule has 1 fully saturated rings. The first-order valence-electron chi connectivity index (χ1n) is 8.89. The number of anilines is 1.